The molecule has 0 heterocycles. The molecule has 0 aliphatic heterocycles. The van der Waals surface area contributed by atoms with Gasteiger partial charge in [-0.1, -0.05) is 78.9 Å². The van der Waals surface area contributed by atoms with Crippen molar-refractivity contribution in [2.75, 3.05) is 0 Å². The smallest absolute Gasteiger partial charge is 0.142 e. The molecule has 0 radical (unpaired) electrons. The van der Waals surface area contributed by atoms with E-state index in [4.69, 9.17) is 0 Å². The second-order valence-corrected chi connectivity index (χ2v) is 7.61. The molecule has 0 bridgehead atoms. The lowest BCUT2D eigenvalue weighted by atomic mass is 9.82. The Balaban J connectivity index is 2.01. The first-order valence-electron chi connectivity index (χ1n) is 8.31. The van der Waals surface area contributed by atoms with Gasteiger partial charge in [-0.25, -0.2) is 0 Å². The van der Waals surface area contributed by atoms with E-state index in [1.807, 2.05) is 54.6 Å². The summed E-state index contributed by atoms with van der Waals surface area (Å²) < 4.78 is 1.17. The molecule has 1 nitrogen and oxygen atoms in total. The van der Waals surface area contributed by atoms with E-state index in [1.165, 1.54) is 3.57 Å². The maximum atomic E-state index is 12.1. The van der Waals surface area contributed by atoms with Crippen LogP contribution in [0.1, 0.15) is 16.7 Å². The van der Waals surface area contributed by atoms with E-state index in [9.17, 15) is 5.11 Å². The number of hydrogen-bond donors (Lipinski definition) is 1. The lowest BCUT2D eigenvalue weighted by Crippen LogP contribution is -2.26. The average molecular weight is 434 g/mol. The monoisotopic (exact) mass is 434 g/mol. The van der Waals surface area contributed by atoms with Crippen LogP contribution in [0.15, 0.2) is 84.9 Å². The van der Waals surface area contributed by atoms with Gasteiger partial charge in [0, 0.05) is 20.3 Å². The lowest BCUT2D eigenvalue weighted by Gasteiger charge is -2.28. The highest BCUT2D eigenvalue weighted by atomic mass is 127. The number of aliphatic hydroxyl groups is 1. The summed E-state index contributed by atoms with van der Waals surface area (Å²) in [5.74, 6) is 0. The molecule has 1 unspecified atom stereocenters. The van der Waals surface area contributed by atoms with Crippen LogP contribution >= 0.6 is 22.6 Å². The van der Waals surface area contributed by atoms with Gasteiger partial charge in [0.2, 0.25) is 0 Å². The molecular formula is C23H15IO. The quantitative estimate of drug-likeness (QED) is 0.381. The Hall–Kier alpha value is -2.17. The minimum Gasteiger partial charge on any atom is -0.376 e. The third kappa shape index (κ3) is 1.98. The minimum atomic E-state index is -1.13. The van der Waals surface area contributed by atoms with Crippen molar-refractivity contribution in [3.05, 3.63) is 105 Å². The Morgan fingerprint density at radius 2 is 1.44 bits per heavy atom. The molecule has 0 aromatic heterocycles. The maximum absolute atomic E-state index is 12.1. The predicted octanol–water partition coefficient (Wildman–Crippen LogP) is 5.71. The van der Waals surface area contributed by atoms with E-state index in [-0.39, 0.29) is 0 Å². The van der Waals surface area contributed by atoms with Gasteiger partial charge in [-0.15, -0.1) is 0 Å². The van der Waals surface area contributed by atoms with Gasteiger partial charge in [-0.3, -0.25) is 0 Å². The van der Waals surface area contributed by atoms with E-state index in [0.717, 1.165) is 38.6 Å². The Morgan fingerprint density at radius 3 is 2.28 bits per heavy atom. The molecule has 25 heavy (non-hydrogen) atoms. The first-order valence-corrected chi connectivity index (χ1v) is 9.38. The van der Waals surface area contributed by atoms with Crippen LogP contribution < -0.4 is 0 Å². The fourth-order valence-corrected chi connectivity index (χ4v) is 4.98. The molecule has 4 aromatic rings. The Bertz CT molecular complexity index is 1120. The van der Waals surface area contributed by atoms with Crippen LogP contribution in [-0.2, 0) is 5.60 Å². The molecule has 0 saturated heterocycles. The van der Waals surface area contributed by atoms with Gasteiger partial charge in [-0.05, 0) is 50.6 Å². The molecule has 2 heteroatoms. The summed E-state index contributed by atoms with van der Waals surface area (Å²) in [4.78, 5) is 0. The standard InChI is InChI=1S/C23H15IO/c24-20-14-15-8-4-5-11-17(15)22-21(20)18-12-6-7-13-19(18)23(22,25)16-9-2-1-3-10-16/h1-14,25H. The van der Waals surface area contributed by atoms with Gasteiger partial charge in [0.15, 0.2) is 0 Å². The summed E-state index contributed by atoms with van der Waals surface area (Å²) in [6.07, 6.45) is 0. The summed E-state index contributed by atoms with van der Waals surface area (Å²) in [7, 11) is 0. The van der Waals surface area contributed by atoms with Crippen molar-refractivity contribution >= 4 is 33.4 Å². The SMILES string of the molecule is OC1(c2ccccc2)c2ccccc2-c2c(I)cc3ccccc3c21. The predicted molar refractivity (Wildman–Crippen MR) is 111 cm³/mol. The molecule has 120 valence electrons. The van der Waals surface area contributed by atoms with Crippen molar-refractivity contribution in [2.45, 2.75) is 5.60 Å². The second-order valence-electron chi connectivity index (χ2n) is 6.45. The van der Waals surface area contributed by atoms with E-state index in [2.05, 4.69) is 52.9 Å². The highest BCUT2D eigenvalue weighted by Gasteiger charge is 2.44. The zero-order valence-electron chi connectivity index (χ0n) is 13.4. The first kappa shape index (κ1) is 15.1. The van der Waals surface area contributed by atoms with E-state index in [0.29, 0.717) is 0 Å². The summed E-state index contributed by atoms with van der Waals surface area (Å²) in [5.41, 5.74) is 4.02. The third-order valence-corrected chi connectivity index (χ3v) is 5.99. The largest absolute Gasteiger partial charge is 0.376 e. The van der Waals surface area contributed by atoms with Crippen LogP contribution in [0, 0.1) is 3.57 Å². The topological polar surface area (TPSA) is 20.2 Å². The van der Waals surface area contributed by atoms with Crippen molar-refractivity contribution in [2.24, 2.45) is 0 Å². The van der Waals surface area contributed by atoms with Crippen LogP contribution in [0.2, 0.25) is 0 Å². The van der Waals surface area contributed by atoms with Gasteiger partial charge in [0.25, 0.3) is 0 Å². The van der Waals surface area contributed by atoms with Crippen molar-refractivity contribution in [3.8, 4) is 11.1 Å². The zero-order valence-corrected chi connectivity index (χ0v) is 15.6. The first-order chi connectivity index (χ1) is 12.2. The Morgan fingerprint density at radius 1 is 0.760 bits per heavy atom. The van der Waals surface area contributed by atoms with Gasteiger partial charge >= 0.3 is 0 Å². The molecule has 1 N–H and O–H groups in total. The normalized spacial score (nSPS) is 18.2. The summed E-state index contributed by atoms with van der Waals surface area (Å²) in [5, 5.41) is 14.4. The third-order valence-electron chi connectivity index (χ3n) is 5.14. The zero-order chi connectivity index (χ0) is 17.0. The summed E-state index contributed by atoms with van der Waals surface area (Å²) in [6, 6.07) is 28.8. The van der Waals surface area contributed by atoms with E-state index >= 15 is 0 Å². The van der Waals surface area contributed by atoms with E-state index in [1.54, 1.807) is 0 Å². The molecule has 0 fully saturated rings. The Labute approximate surface area is 160 Å². The number of rotatable bonds is 1. The van der Waals surface area contributed by atoms with Crippen LogP contribution in [0.5, 0.6) is 0 Å². The Kier molecular flexibility index (Phi) is 3.27. The average Bonchev–Trinajstić information content (AvgIpc) is 2.94. The number of fused-ring (bicyclic) bond motifs is 5. The molecule has 4 aromatic carbocycles. The summed E-state index contributed by atoms with van der Waals surface area (Å²) in [6.45, 7) is 0. The highest BCUT2D eigenvalue weighted by Crippen LogP contribution is 2.54. The van der Waals surface area contributed by atoms with Crippen LogP contribution in [0.25, 0.3) is 21.9 Å². The molecule has 5 rings (SSSR count). The molecule has 1 atom stereocenters. The summed E-state index contributed by atoms with van der Waals surface area (Å²) >= 11 is 2.40. The maximum Gasteiger partial charge on any atom is 0.142 e. The molecule has 0 saturated carbocycles. The lowest BCUT2D eigenvalue weighted by molar-refractivity contribution is 0.132. The molecular weight excluding hydrogens is 419 g/mol. The highest BCUT2D eigenvalue weighted by molar-refractivity contribution is 14.1. The fourth-order valence-electron chi connectivity index (χ4n) is 4.08. The van der Waals surface area contributed by atoms with Crippen LogP contribution in [0.3, 0.4) is 0 Å². The van der Waals surface area contributed by atoms with Crippen molar-refractivity contribution in [3.63, 3.8) is 0 Å². The number of benzene rings is 4. The van der Waals surface area contributed by atoms with Crippen molar-refractivity contribution in [1.29, 1.82) is 0 Å². The number of halogens is 1. The van der Waals surface area contributed by atoms with Crippen LogP contribution in [-0.4, -0.2) is 5.11 Å². The van der Waals surface area contributed by atoms with E-state index < -0.39 is 5.60 Å². The van der Waals surface area contributed by atoms with Gasteiger partial charge in [0.05, 0.1) is 0 Å². The number of hydrogen-bond acceptors (Lipinski definition) is 1. The fraction of sp³-hybridized carbons (Fsp3) is 0.0435. The molecule has 0 amide bonds. The molecule has 0 spiro atoms. The van der Waals surface area contributed by atoms with Gasteiger partial charge in [-0.2, -0.15) is 0 Å². The van der Waals surface area contributed by atoms with Gasteiger partial charge in [0.1, 0.15) is 5.60 Å². The molecule has 1 aliphatic rings. The van der Waals surface area contributed by atoms with Crippen LogP contribution in [0.4, 0.5) is 0 Å². The van der Waals surface area contributed by atoms with Crippen molar-refractivity contribution in [1.82, 2.24) is 0 Å². The van der Waals surface area contributed by atoms with Crippen molar-refractivity contribution < 1.29 is 5.11 Å². The van der Waals surface area contributed by atoms with Gasteiger partial charge < -0.3 is 5.11 Å². The molecule has 1 aliphatic carbocycles. The minimum absolute atomic E-state index is 0.911. The second kappa shape index (κ2) is 5.41.